The van der Waals surface area contributed by atoms with Gasteiger partial charge in [0.25, 0.3) is 10.0 Å². The van der Waals surface area contributed by atoms with Crippen LogP contribution in [0.15, 0.2) is 11.2 Å². The number of nitrogens with zero attached hydrogens (tertiary/aromatic N) is 2. The fourth-order valence-electron chi connectivity index (χ4n) is 1.56. The Morgan fingerprint density at radius 3 is 2.56 bits per heavy atom. The zero-order chi connectivity index (χ0) is 13.6. The maximum Gasteiger partial charge on any atom is 0.259 e. The van der Waals surface area contributed by atoms with Crippen molar-refractivity contribution in [3.8, 4) is 0 Å². The van der Waals surface area contributed by atoms with Crippen LogP contribution in [0.3, 0.4) is 0 Å². The molecular formula is C11H22N4O2S. The summed E-state index contributed by atoms with van der Waals surface area (Å²) in [7, 11) is -1.69. The molecule has 0 unspecified atom stereocenters. The van der Waals surface area contributed by atoms with E-state index in [0.717, 1.165) is 25.7 Å². The molecule has 3 N–H and O–H groups in total. The number of unbranched alkanes of at least 4 members (excludes halogenated alkanes) is 3. The van der Waals surface area contributed by atoms with Gasteiger partial charge in [0.2, 0.25) is 0 Å². The summed E-state index contributed by atoms with van der Waals surface area (Å²) >= 11 is 0. The van der Waals surface area contributed by atoms with Gasteiger partial charge in [0.15, 0.2) is 5.03 Å². The minimum atomic E-state index is -3.46. The van der Waals surface area contributed by atoms with Gasteiger partial charge in [0.05, 0.1) is 0 Å². The quantitative estimate of drug-likeness (QED) is 0.676. The Balaban J connectivity index is 2.41. The predicted octanol–water partition coefficient (Wildman–Crippen LogP) is 0.526. The molecule has 0 aliphatic rings. The fraction of sp³-hybridized carbons (Fsp3) is 0.727. The molecule has 18 heavy (non-hydrogen) atoms. The average Bonchev–Trinajstić information content (AvgIpc) is 2.65. The second-order valence-electron chi connectivity index (χ2n) is 4.34. The van der Waals surface area contributed by atoms with Crippen molar-refractivity contribution in [3.05, 3.63) is 12.0 Å². The molecule has 0 aromatic carbocycles. The van der Waals surface area contributed by atoms with Crippen molar-refractivity contribution in [3.63, 3.8) is 0 Å². The maximum atomic E-state index is 11.9. The number of aromatic nitrogens is 2. The molecule has 0 atom stereocenters. The summed E-state index contributed by atoms with van der Waals surface area (Å²) in [4.78, 5) is 4.01. The van der Waals surface area contributed by atoms with Crippen LogP contribution in [-0.2, 0) is 17.1 Å². The van der Waals surface area contributed by atoms with Crippen LogP contribution in [-0.4, -0.2) is 31.1 Å². The number of nitrogens with two attached hydrogens (primary N) is 1. The second kappa shape index (κ2) is 6.86. The second-order valence-corrected chi connectivity index (χ2v) is 6.05. The van der Waals surface area contributed by atoms with Crippen molar-refractivity contribution in [1.29, 1.82) is 0 Å². The Morgan fingerprint density at radius 2 is 2.00 bits per heavy atom. The van der Waals surface area contributed by atoms with Crippen LogP contribution in [0.5, 0.6) is 0 Å². The Hall–Kier alpha value is -0.920. The monoisotopic (exact) mass is 274 g/mol. The van der Waals surface area contributed by atoms with Crippen molar-refractivity contribution >= 4 is 10.0 Å². The average molecular weight is 274 g/mol. The van der Waals surface area contributed by atoms with Crippen molar-refractivity contribution < 1.29 is 8.42 Å². The molecule has 0 aliphatic carbocycles. The number of hydrogen-bond acceptors (Lipinski definition) is 4. The standard InChI is InChI=1S/C11H22N4O2S/c1-10-14-11(9-15(10)2)18(16,17)13-8-6-4-3-5-7-12/h9,13H,3-8,12H2,1-2H3. The molecule has 0 saturated carbocycles. The Labute approximate surface area is 109 Å². The highest BCUT2D eigenvalue weighted by Crippen LogP contribution is 2.07. The third-order valence-electron chi connectivity index (χ3n) is 2.78. The number of nitrogens with one attached hydrogen (secondary N) is 1. The van der Waals surface area contributed by atoms with E-state index in [1.54, 1.807) is 18.5 Å². The minimum Gasteiger partial charge on any atom is -0.337 e. The first-order valence-corrected chi connectivity index (χ1v) is 7.65. The van der Waals surface area contributed by atoms with Gasteiger partial charge in [0.1, 0.15) is 5.82 Å². The smallest absolute Gasteiger partial charge is 0.259 e. The molecule has 0 amide bonds. The molecule has 0 spiro atoms. The summed E-state index contributed by atoms with van der Waals surface area (Å²) in [5.74, 6) is 0.679. The van der Waals surface area contributed by atoms with E-state index in [1.807, 2.05) is 0 Å². The maximum absolute atomic E-state index is 11.9. The summed E-state index contributed by atoms with van der Waals surface area (Å²) < 4.78 is 28.0. The lowest BCUT2D eigenvalue weighted by atomic mass is 10.2. The molecule has 0 fully saturated rings. The van der Waals surface area contributed by atoms with E-state index >= 15 is 0 Å². The van der Waals surface area contributed by atoms with E-state index in [1.165, 1.54) is 6.20 Å². The Bertz CT molecular complexity index is 448. The summed E-state index contributed by atoms with van der Waals surface area (Å²) in [5, 5.41) is 0.0875. The molecule has 0 radical (unpaired) electrons. The van der Waals surface area contributed by atoms with Gasteiger partial charge in [0, 0.05) is 19.8 Å². The Morgan fingerprint density at radius 1 is 1.33 bits per heavy atom. The minimum absolute atomic E-state index is 0.0875. The predicted molar refractivity (Wildman–Crippen MR) is 70.7 cm³/mol. The van der Waals surface area contributed by atoms with Crippen LogP contribution in [0.4, 0.5) is 0 Å². The van der Waals surface area contributed by atoms with Crippen molar-refractivity contribution in [2.24, 2.45) is 12.8 Å². The third-order valence-corrected chi connectivity index (χ3v) is 4.12. The van der Waals surface area contributed by atoms with Crippen LogP contribution in [0, 0.1) is 6.92 Å². The topological polar surface area (TPSA) is 90.0 Å². The normalized spacial score (nSPS) is 11.9. The highest BCUT2D eigenvalue weighted by atomic mass is 32.2. The number of hydrogen-bond donors (Lipinski definition) is 2. The lowest BCUT2D eigenvalue weighted by Crippen LogP contribution is -2.25. The van der Waals surface area contributed by atoms with Crippen molar-refractivity contribution in [1.82, 2.24) is 14.3 Å². The largest absolute Gasteiger partial charge is 0.337 e. The van der Waals surface area contributed by atoms with E-state index in [4.69, 9.17) is 5.73 Å². The summed E-state index contributed by atoms with van der Waals surface area (Å²) in [5.41, 5.74) is 5.38. The van der Waals surface area contributed by atoms with Gasteiger partial charge < -0.3 is 10.3 Å². The summed E-state index contributed by atoms with van der Waals surface area (Å²) in [6, 6.07) is 0. The van der Waals surface area contributed by atoms with Crippen molar-refractivity contribution in [2.75, 3.05) is 13.1 Å². The molecule has 1 rings (SSSR count). The van der Waals surface area contributed by atoms with E-state index in [-0.39, 0.29) is 5.03 Å². The molecule has 6 nitrogen and oxygen atoms in total. The molecule has 1 aromatic rings. The van der Waals surface area contributed by atoms with Gasteiger partial charge in [-0.2, -0.15) is 0 Å². The molecule has 0 bridgehead atoms. The molecule has 7 heteroatoms. The van der Waals surface area contributed by atoms with E-state index in [2.05, 4.69) is 9.71 Å². The van der Waals surface area contributed by atoms with E-state index < -0.39 is 10.0 Å². The van der Waals surface area contributed by atoms with Gasteiger partial charge in [-0.05, 0) is 26.3 Å². The number of imidazole rings is 1. The van der Waals surface area contributed by atoms with Crippen LogP contribution in [0.2, 0.25) is 0 Å². The summed E-state index contributed by atoms with van der Waals surface area (Å²) in [6.45, 7) is 2.91. The molecule has 1 heterocycles. The van der Waals surface area contributed by atoms with Gasteiger partial charge in [-0.1, -0.05) is 12.8 Å². The number of aryl methyl sites for hydroxylation is 2. The van der Waals surface area contributed by atoms with Crippen LogP contribution in [0.1, 0.15) is 31.5 Å². The lowest BCUT2D eigenvalue weighted by Gasteiger charge is -2.03. The van der Waals surface area contributed by atoms with Gasteiger partial charge >= 0.3 is 0 Å². The van der Waals surface area contributed by atoms with Gasteiger partial charge in [-0.25, -0.2) is 18.1 Å². The number of sulfonamides is 1. The SMILES string of the molecule is Cc1nc(S(=O)(=O)NCCCCCCN)cn1C. The zero-order valence-corrected chi connectivity index (χ0v) is 11.8. The molecule has 1 aromatic heterocycles. The van der Waals surface area contributed by atoms with Gasteiger partial charge in [-0.3, -0.25) is 0 Å². The summed E-state index contributed by atoms with van der Waals surface area (Å²) in [6.07, 6.45) is 5.37. The fourth-order valence-corrected chi connectivity index (χ4v) is 2.67. The molecule has 0 saturated heterocycles. The number of rotatable bonds is 8. The van der Waals surface area contributed by atoms with Gasteiger partial charge in [-0.15, -0.1) is 0 Å². The first-order chi connectivity index (χ1) is 8.47. The highest BCUT2D eigenvalue weighted by molar-refractivity contribution is 7.89. The third kappa shape index (κ3) is 4.40. The van der Waals surface area contributed by atoms with Crippen LogP contribution in [0.25, 0.3) is 0 Å². The van der Waals surface area contributed by atoms with Crippen LogP contribution >= 0.6 is 0 Å². The zero-order valence-electron chi connectivity index (χ0n) is 11.0. The van der Waals surface area contributed by atoms with Crippen molar-refractivity contribution in [2.45, 2.75) is 37.6 Å². The molecule has 104 valence electrons. The Kier molecular flexibility index (Phi) is 5.77. The van der Waals surface area contributed by atoms with E-state index in [0.29, 0.717) is 18.9 Å². The van der Waals surface area contributed by atoms with Crippen LogP contribution < -0.4 is 10.5 Å². The first kappa shape index (κ1) is 15.1. The first-order valence-electron chi connectivity index (χ1n) is 6.17. The highest BCUT2D eigenvalue weighted by Gasteiger charge is 2.17. The lowest BCUT2D eigenvalue weighted by molar-refractivity contribution is 0.569. The molecule has 0 aliphatic heterocycles. The molecular weight excluding hydrogens is 252 g/mol. The van der Waals surface area contributed by atoms with E-state index in [9.17, 15) is 8.42 Å².